The summed E-state index contributed by atoms with van der Waals surface area (Å²) in [6.45, 7) is 0.662. The number of para-hydroxylation sites is 1. The van der Waals surface area contributed by atoms with Crippen LogP contribution in [0.15, 0.2) is 48.5 Å². The molecule has 4 nitrogen and oxygen atoms in total. The monoisotopic (exact) mass is 268 g/mol. The van der Waals surface area contributed by atoms with Crippen molar-refractivity contribution in [2.45, 2.75) is 12.6 Å². The molecule has 0 aliphatic carbocycles. The number of ether oxygens (including phenoxy) is 1. The summed E-state index contributed by atoms with van der Waals surface area (Å²) in [6.07, 6.45) is 0. The van der Waals surface area contributed by atoms with Crippen LogP contribution >= 0.6 is 0 Å². The lowest BCUT2D eigenvalue weighted by atomic mass is 9.95. The number of fused-ring (bicyclic) bond motifs is 2. The molecule has 4 heteroatoms. The van der Waals surface area contributed by atoms with Crippen LogP contribution in [0.25, 0.3) is 0 Å². The molecule has 0 spiro atoms. The molecule has 0 aromatic heterocycles. The first-order valence-corrected chi connectivity index (χ1v) is 6.57. The van der Waals surface area contributed by atoms with Crippen LogP contribution < -0.4 is 15.8 Å². The molecule has 0 bridgehead atoms. The first kappa shape index (κ1) is 12.7. The van der Waals surface area contributed by atoms with Crippen molar-refractivity contribution in [3.05, 3.63) is 65.2 Å². The molecule has 1 aliphatic heterocycles. The van der Waals surface area contributed by atoms with Gasteiger partial charge in [-0.25, -0.2) is 0 Å². The van der Waals surface area contributed by atoms with Crippen LogP contribution in [0.2, 0.25) is 0 Å². The highest BCUT2D eigenvalue weighted by molar-refractivity contribution is 5.76. The fraction of sp³-hybridized carbons (Fsp3) is 0.188. The molecule has 1 heterocycles. The molecule has 1 aliphatic rings. The molecule has 2 aromatic rings. The number of carbonyl (C=O) groups excluding carboxylic acids is 1. The smallest absolute Gasteiger partial charge is 0.231 e. The van der Waals surface area contributed by atoms with Crippen LogP contribution in [0.5, 0.6) is 5.75 Å². The van der Waals surface area contributed by atoms with Crippen molar-refractivity contribution in [1.29, 1.82) is 0 Å². The fourth-order valence-corrected chi connectivity index (χ4v) is 2.54. The van der Waals surface area contributed by atoms with E-state index in [1.54, 1.807) is 0 Å². The van der Waals surface area contributed by atoms with Gasteiger partial charge in [-0.05, 0) is 17.2 Å². The maximum atomic E-state index is 11.1. The van der Waals surface area contributed by atoms with E-state index in [4.69, 9.17) is 10.5 Å². The van der Waals surface area contributed by atoms with Crippen molar-refractivity contribution in [3.63, 3.8) is 0 Å². The van der Waals surface area contributed by atoms with Gasteiger partial charge in [0.05, 0.1) is 12.6 Å². The molecular formula is C16H16N2O2. The van der Waals surface area contributed by atoms with Crippen molar-refractivity contribution in [3.8, 4) is 5.75 Å². The number of amides is 1. The maximum absolute atomic E-state index is 11.1. The lowest BCUT2D eigenvalue weighted by Crippen LogP contribution is -2.32. The van der Waals surface area contributed by atoms with Gasteiger partial charge in [0.2, 0.25) is 5.91 Å². The summed E-state index contributed by atoms with van der Waals surface area (Å²) in [6, 6.07) is 15.9. The minimum Gasteiger partial charge on any atom is -0.489 e. The lowest BCUT2D eigenvalue weighted by Gasteiger charge is -2.19. The normalized spacial score (nSPS) is 16.5. The van der Waals surface area contributed by atoms with Gasteiger partial charge in [0.25, 0.3) is 0 Å². The first-order chi connectivity index (χ1) is 9.75. The second-order valence-corrected chi connectivity index (χ2v) is 4.81. The number of hydrogen-bond donors (Lipinski definition) is 2. The molecule has 2 aromatic carbocycles. The van der Waals surface area contributed by atoms with E-state index in [9.17, 15) is 4.79 Å². The highest BCUT2D eigenvalue weighted by Crippen LogP contribution is 2.35. The van der Waals surface area contributed by atoms with Crippen molar-refractivity contribution in [2.75, 3.05) is 6.54 Å². The molecule has 0 saturated carbocycles. The minimum absolute atomic E-state index is 0.0857. The number of nitrogens with two attached hydrogens (primary N) is 1. The summed E-state index contributed by atoms with van der Waals surface area (Å²) in [5, 5.41) is 3.22. The Bertz CT molecular complexity index is 592. The van der Waals surface area contributed by atoms with Gasteiger partial charge < -0.3 is 10.5 Å². The van der Waals surface area contributed by atoms with Crippen molar-refractivity contribution in [1.82, 2.24) is 5.32 Å². The Morgan fingerprint density at radius 1 is 1.15 bits per heavy atom. The molecule has 102 valence electrons. The molecule has 20 heavy (non-hydrogen) atoms. The van der Waals surface area contributed by atoms with Gasteiger partial charge in [0, 0.05) is 5.56 Å². The molecule has 0 radical (unpaired) electrons. The van der Waals surface area contributed by atoms with E-state index in [2.05, 4.69) is 11.4 Å². The summed E-state index contributed by atoms with van der Waals surface area (Å²) < 4.78 is 5.86. The van der Waals surface area contributed by atoms with E-state index in [0.717, 1.165) is 22.4 Å². The standard InChI is InChI=1S/C16H16N2O2/c17-15(19)9-18-16-12-6-2-1-5-11(12)10-20-14-8-4-3-7-13(14)16/h1-8,16,18H,9-10H2,(H2,17,19). The first-order valence-electron chi connectivity index (χ1n) is 6.57. The van der Waals surface area contributed by atoms with Gasteiger partial charge in [-0.3, -0.25) is 10.1 Å². The largest absolute Gasteiger partial charge is 0.489 e. The molecule has 3 rings (SSSR count). The number of primary amides is 1. The summed E-state index contributed by atoms with van der Waals surface area (Å²) in [4.78, 5) is 11.1. The molecular weight excluding hydrogens is 252 g/mol. The lowest BCUT2D eigenvalue weighted by molar-refractivity contribution is -0.117. The fourth-order valence-electron chi connectivity index (χ4n) is 2.54. The van der Waals surface area contributed by atoms with Crippen LogP contribution in [0.3, 0.4) is 0 Å². The predicted molar refractivity (Wildman–Crippen MR) is 76.3 cm³/mol. The zero-order chi connectivity index (χ0) is 13.9. The van der Waals surface area contributed by atoms with Gasteiger partial charge in [-0.1, -0.05) is 42.5 Å². The highest BCUT2D eigenvalue weighted by atomic mass is 16.5. The van der Waals surface area contributed by atoms with Crippen LogP contribution in [0, 0.1) is 0 Å². The molecule has 1 unspecified atom stereocenters. The quantitative estimate of drug-likeness (QED) is 0.891. The molecule has 1 amide bonds. The van der Waals surface area contributed by atoms with Crippen molar-refractivity contribution in [2.24, 2.45) is 5.73 Å². The molecule has 0 fully saturated rings. The molecule has 0 saturated heterocycles. The van der Waals surface area contributed by atoms with E-state index in [-0.39, 0.29) is 18.5 Å². The van der Waals surface area contributed by atoms with Gasteiger partial charge in [0.1, 0.15) is 12.4 Å². The highest BCUT2D eigenvalue weighted by Gasteiger charge is 2.23. The Balaban J connectivity index is 2.06. The van der Waals surface area contributed by atoms with Gasteiger partial charge >= 0.3 is 0 Å². The number of nitrogens with one attached hydrogen (secondary N) is 1. The third kappa shape index (κ3) is 2.38. The summed E-state index contributed by atoms with van der Waals surface area (Å²) in [7, 11) is 0. The average Bonchev–Trinajstić information content (AvgIpc) is 2.62. The van der Waals surface area contributed by atoms with Crippen molar-refractivity contribution >= 4 is 5.91 Å². The van der Waals surface area contributed by atoms with Gasteiger partial charge in [-0.2, -0.15) is 0 Å². The predicted octanol–water partition coefficient (Wildman–Crippen LogP) is 1.74. The van der Waals surface area contributed by atoms with Crippen LogP contribution in [-0.2, 0) is 11.4 Å². The van der Waals surface area contributed by atoms with E-state index in [1.165, 1.54) is 0 Å². The Kier molecular flexibility index (Phi) is 3.39. The molecule has 1 atom stereocenters. The number of rotatable bonds is 3. The van der Waals surface area contributed by atoms with Gasteiger partial charge in [0.15, 0.2) is 0 Å². The van der Waals surface area contributed by atoms with E-state index < -0.39 is 0 Å². The summed E-state index contributed by atoms with van der Waals surface area (Å²) in [5.41, 5.74) is 8.52. The number of hydrogen-bond acceptors (Lipinski definition) is 3. The van der Waals surface area contributed by atoms with E-state index >= 15 is 0 Å². The molecule has 3 N–H and O–H groups in total. The minimum atomic E-state index is -0.370. The van der Waals surface area contributed by atoms with E-state index in [1.807, 2.05) is 42.5 Å². The number of carbonyl (C=O) groups is 1. The average molecular weight is 268 g/mol. The Labute approximate surface area is 117 Å². The second-order valence-electron chi connectivity index (χ2n) is 4.81. The SMILES string of the molecule is NC(=O)CNC1c2ccccc2COc2ccccc21. The number of benzene rings is 2. The summed E-state index contributed by atoms with van der Waals surface area (Å²) in [5.74, 6) is 0.468. The van der Waals surface area contributed by atoms with Crippen molar-refractivity contribution < 1.29 is 9.53 Å². The Hall–Kier alpha value is -2.33. The van der Waals surface area contributed by atoms with E-state index in [0.29, 0.717) is 6.61 Å². The maximum Gasteiger partial charge on any atom is 0.231 e. The third-order valence-electron chi connectivity index (χ3n) is 3.46. The Morgan fingerprint density at radius 2 is 1.85 bits per heavy atom. The van der Waals surface area contributed by atoms with Crippen LogP contribution in [-0.4, -0.2) is 12.5 Å². The zero-order valence-electron chi connectivity index (χ0n) is 11.0. The third-order valence-corrected chi connectivity index (χ3v) is 3.46. The second kappa shape index (κ2) is 5.35. The summed E-state index contributed by atoms with van der Waals surface area (Å²) >= 11 is 0. The van der Waals surface area contributed by atoms with Gasteiger partial charge in [-0.15, -0.1) is 0 Å². The van der Waals surface area contributed by atoms with Crippen LogP contribution in [0.1, 0.15) is 22.7 Å². The topological polar surface area (TPSA) is 64.4 Å². The van der Waals surface area contributed by atoms with Crippen LogP contribution in [0.4, 0.5) is 0 Å². The Morgan fingerprint density at radius 3 is 2.65 bits per heavy atom. The zero-order valence-corrected chi connectivity index (χ0v) is 11.0.